The molecule has 1 heterocycles. The standard InChI is InChI=1S/C11H6F5N/c12-10(13,11(14,15)16)8-5-7-3-1-2-4-9(7)17-6-8/h1-6H. The van der Waals surface area contributed by atoms with E-state index in [-0.39, 0.29) is 5.39 Å². The van der Waals surface area contributed by atoms with E-state index in [0.717, 1.165) is 6.07 Å². The van der Waals surface area contributed by atoms with Crippen molar-refractivity contribution in [2.45, 2.75) is 12.1 Å². The van der Waals surface area contributed by atoms with E-state index >= 15 is 0 Å². The van der Waals surface area contributed by atoms with Crippen LogP contribution >= 0.6 is 0 Å². The van der Waals surface area contributed by atoms with E-state index in [1.807, 2.05) is 0 Å². The minimum atomic E-state index is -5.61. The van der Waals surface area contributed by atoms with Crippen LogP contribution in [0.1, 0.15) is 5.56 Å². The fourth-order valence-corrected chi connectivity index (χ4v) is 1.41. The molecule has 0 bridgehead atoms. The van der Waals surface area contributed by atoms with Gasteiger partial charge in [-0.1, -0.05) is 18.2 Å². The van der Waals surface area contributed by atoms with E-state index in [0.29, 0.717) is 11.7 Å². The maximum absolute atomic E-state index is 13.0. The number of halogens is 5. The molecule has 0 amide bonds. The van der Waals surface area contributed by atoms with Crippen molar-refractivity contribution in [3.63, 3.8) is 0 Å². The molecule has 2 aromatic rings. The molecule has 0 atom stereocenters. The number of para-hydroxylation sites is 1. The molecule has 0 unspecified atom stereocenters. The Balaban J connectivity index is 2.57. The largest absolute Gasteiger partial charge is 0.458 e. The first-order valence-electron chi connectivity index (χ1n) is 4.62. The van der Waals surface area contributed by atoms with Gasteiger partial charge in [0.15, 0.2) is 0 Å². The van der Waals surface area contributed by atoms with E-state index in [4.69, 9.17) is 0 Å². The highest BCUT2D eigenvalue weighted by atomic mass is 19.4. The lowest BCUT2D eigenvalue weighted by molar-refractivity contribution is -0.289. The van der Waals surface area contributed by atoms with Gasteiger partial charge in [-0.2, -0.15) is 22.0 Å². The van der Waals surface area contributed by atoms with Gasteiger partial charge in [0.05, 0.1) is 5.52 Å². The number of hydrogen-bond acceptors (Lipinski definition) is 1. The van der Waals surface area contributed by atoms with Gasteiger partial charge in [0.2, 0.25) is 0 Å². The number of benzene rings is 1. The summed E-state index contributed by atoms with van der Waals surface area (Å²) >= 11 is 0. The topological polar surface area (TPSA) is 12.9 Å². The van der Waals surface area contributed by atoms with Crippen LogP contribution in [0.4, 0.5) is 22.0 Å². The van der Waals surface area contributed by atoms with Crippen LogP contribution in [0.3, 0.4) is 0 Å². The number of pyridine rings is 1. The van der Waals surface area contributed by atoms with E-state index < -0.39 is 17.7 Å². The summed E-state index contributed by atoms with van der Waals surface area (Å²) in [5.41, 5.74) is -0.780. The van der Waals surface area contributed by atoms with Gasteiger partial charge in [-0.25, -0.2) is 0 Å². The summed E-state index contributed by atoms with van der Waals surface area (Å²) in [4.78, 5) is 3.58. The number of alkyl halides is 5. The first kappa shape index (κ1) is 11.8. The van der Waals surface area contributed by atoms with Crippen molar-refractivity contribution in [2.24, 2.45) is 0 Å². The number of fused-ring (bicyclic) bond motifs is 1. The maximum atomic E-state index is 13.0. The smallest absolute Gasteiger partial charge is 0.256 e. The van der Waals surface area contributed by atoms with E-state index in [9.17, 15) is 22.0 Å². The zero-order valence-corrected chi connectivity index (χ0v) is 8.30. The third-order valence-electron chi connectivity index (χ3n) is 2.31. The van der Waals surface area contributed by atoms with Gasteiger partial charge in [0.25, 0.3) is 0 Å². The molecule has 0 radical (unpaired) electrons. The van der Waals surface area contributed by atoms with E-state index in [1.165, 1.54) is 12.1 Å². The van der Waals surface area contributed by atoms with Crippen LogP contribution in [0, 0.1) is 0 Å². The van der Waals surface area contributed by atoms with Crippen molar-refractivity contribution in [1.29, 1.82) is 0 Å². The van der Waals surface area contributed by atoms with Crippen LogP contribution in [-0.2, 0) is 5.92 Å². The monoisotopic (exact) mass is 247 g/mol. The van der Waals surface area contributed by atoms with E-state index in [1.54, 1.807) is 12.1 Å². The first-order valence-corrected chi connectivity index (χ1v) is 4.62. The molecule has 17 heavy (non-hydrogen) atoms. The van der Waals surface area contributed by atoms with Crippen LogP contribution in [0.2, 0.25) is 0 Å². The molecule has 0 aliphatic carbocycles. The average Bonchev–Trinajstić information content (AvgIpc) is 2.27. The third kappa shape index (κ3) is 1.94. The summed E-state index contributed by atoms with van der Waals surface area (Å²) in [5.74, 6) is -4.88. The van der Waals surface area contributed by atoms with Crippen LogP contribution < -0.4 is 0 Å². The molecule has 0 fully saturated rings. The fraction of sp³-hybridized carbons (Fsp3) is 0.182. The van der Waals surface area contributed by atoms with Gasteiger partial charge >= 0.3 is 12.1 Å². The molecule has 0 aliphatic heterocycles. The van der Waals surface area contributed by atoms with Crippen LogP contribution in [0.25, 0.3) is 10.9 Å². The second-order valence-corrected chi connectivity index (χ2v) is 3.49. The first-order chi connectivity index (χ1) is 7.82. The van der Waals surface area contributed by atoms with Crippen molar-refractivity contribution < 1.29 is 22.0 Å². The molecule has 90 valence electrons. The molecule has 0 spiro atoms. The fourth-order valence-electron chi connectivity index (χ4n) is 1.41. The number of rotatable bonds is 1. The Hall–Kier alpha value is -1.72. The normalized spacial score (nSPS) is 13.0. The van der Waals surface area contributed by atoms with Crippen molar-refractivity contribution in [3.8, 4) is 0 Å². The zero-order chi connectivity index (χ0) is 12.7. The SMILES string of the molecule is FC(F)(F)C(F)(F)c1cnc2ccccc2c1. The molecule has 6 heteroatoms. The number of aromatic nitrogens is 1. The quantitative estimate of drug-likeness (QED) is 0.696. The minimum Gasteiger partial charge on any atom is -0.256 e. The van der Waals surface area contributed by atoms with Gasteiger partial charge in [-0.3, -0.25) is 4.98 Å². The second-order valence-electron chi connectivity index (χ2n) is 3.49. The summed E-state index contributed by atoms with van der Waals surface area (Å²) in [5, 5.41) is 0.244. The molecular weight excluding hydrogens is 241 g/mol. The van der Waals surface area contributed by atoms with E-state index in [2.05, 4.69) is 4.98 Å². The highest BCUT2D eigenvalue weighted by Gasteiger charge is 2.58. The Morgan fingerprint density at radius 1 is 0.941 bits per heavy atom. The highest BCUT2D eigenvalue weighted by molar-refractivity contribution is 5.78. The van der Waals surface area contributed by atoms with Crippen molar-refractivity contribution in [1.82, 2.24) is 4.98 Å². The Morgan fingerprint density at radius 3 is 2.24 bits per heavy atom. The second kappa shape index (κ2) is 3.65. The van der Waals surface area contributed by atoms with Crippen LogP contribution in [0.15, 0.2) is 36.5 Å². The van der Waals surface area contributed by atoms with Gasteiger partial charge in [0.1, 0.15) is 0 Å². The Labute approximate surface area is 92.9 Å². The highest BCUT2D eigenvalue weighted by Crippen LogP contribution is 2.43. The summed E-state index contributed by atoms with van der Waals surface area (Å²) in [7, 11) is 0. The molecule has 1 aromatic carbocycles. The van der Waals surface area contributed by atoms with Crippen molar-refractivity contribution in [2.75, 3.05) is 0 Å². The van der Waals surface area contributed by atoms with Gasteiger partial charge < -0.3 is 0 Å². The van der Waals surface area contributed by atoms with Crippen LogP contribution in [0.5, 0.6) is 0 Å². The zero-order valence-electron chi connectivity index (χ0n) is 8.30. The lowest BCUT2D eigenvalue weighted by atomic mass is 10.1. The molecular formula is C11H6F5N. The van der Waals surface area contributed by atoms with Crippen molar-refractivity contribution in [3.05, 3.63) is 42.1 Å². The van der Waals surface area contributed by atoms with Gasteiger partial charge in [-0.15, -0.1) is 0 Å². The summed E-state index contributed by atoms with van der Waals surface area (Å²) in [6.07, 6.45) is -5.06. The third-order valence-corrected chi connectivity index (χ3v) is 2.31. The summed E-state index contributed by atoms with van der Waals surface area (Å²) in [6, 6.07) is 6.93. The van der Waals surface area contributed by atoms with Gasteiger partial charge in [-0.05, 0) is 12.1 Å². The summed E-state index contributed by atoms with van der Waals surface area (Å²) in [6.45, 7) is 0. The molecule has 0 saturated heterocycles. The Kier molecular flexibility index (Phi) is 2.52. The lowest BCUT2D eigenvalue weighted by Gasteiger charge is -2.19. The predicted molar refractivity (Wildman–Crippen MR) is 51.7 cm³/mol. The molecule has 0 saturated carbocycles. The molecule has 0 N–H and O–H groups in total. The van der Waals surface area contributed by atoms with Gasteiger partial charge in [0, 0.05) is 17.1 Å². The average molecular weight is 247 g/mol. The molecule has 1 aromatic heterocycles. The molecule has 0 aliphatic rings. The summed E-state index contributed by atoms with van der Waals surface area (Å²) < 4.78 is 62.5. The lowest BCUT2D eigenvalue weighted by Crippen LogP contribution is -2.33. The van der Waals surface area contributed by atoms with Crippen LogP contribution in [-0.4, -0.2) is 11.2 Å². The maximum Gasteiger partial charge on any atom is 0.458 e. The number of hydrogen-bond donors (Lipinski definition) is 0. The minimum absolute atomic E-state index is 0.244. The number of nitrogens with zero attached hydrogens (tertiary/aromatic N) is 1. The molecule has 2 rings (SSSR count). The van der Waals surface area contributed by atoms with Crippen molar-refractivity contribution >= 4 is 10.9 Å². The Morgan fingerprint density at radius 2 is 1.59 bits per heavy atom. The Bertz CT molecular complexity index is 547. The molecule has 1 nitrogen and oxygen atoms in total. The predicted octanol–water partition coefficient (Wildman–Crippen LogP) is 3.89.